The molecule has 0 aliphatic carbocycles. The van der Waals surface area contributed by atoms with Crippen LogP contribution in [0.1, 0.15) is 23.7 Å². The molecule has 100 valence electrons. The third kappa shape index (κ3) is 2.91. The van der Waals surface area contributed by atoms with Crippen LogP contribution in [0.2, 0.25) is 0 Å². The zero-order valence-electron chi connectivity index (χ0n) is 11.6. The monoisotopic (exact) mass is 248 g/mol. The van der Waals surface area contributed by atoms with E-state index in [9.17, 15) is 5.11 Å². The Bertz CT molecular complexity index is 394. The molecular formula is C15H24N2O. The highest BCUT2D eigenvalue weighted by atomic mass is 16.3. The van der Waals surface area contributed by atoms with E-state index in [1.54, 1.807) is 0 Å². The van der Waals surface area contributed by atoms with Crippen molar-refractivity contribution in [2.24, 2.45) is 0 Å². The molecule has 18 heavy (non-hydrogen) atoms. The normalized spacial score (nSPS) is 24.8. The lowest BCUT2D eigenvalue weighted by Gasteiger charge is -2.32. The van der Waals surface area contributed by atoms with Crippen LogP contribution in [-0.4, -0.2) is 54.7 Å². The molecule has 1 saturated heterocycles. The van der Waals surface area contributed by atoms with Gasteiger partial charge in [0.05, 0.1) is 12.1 Å². The summed E-state index contributed by atoms with van der Waals surface area (Å²) < 4.78 is 0. The first-order valence-electron chi connectivity index (χ1n) is 6.72. The Morgan fingerprint density at radius 1 is 1.22 bits per heavy atom. The van der Waals surface area contributed by atoms with Crippen molar-refractivity contribution < 1.29 is 5.11 Å². The number of hydrogen-bond acceptors (Lipinski definition) is 3. The Morgan fingerprint density at radius 2 is 1.94 bits per heavy atom. The van der Waals surface area contributed by atoms with Gasteiger partial charge in [-0.25, -0.2) is 0 Å². The first-order chi connectivity index (χ1) is 8.59. The minimum Gasteiger partial charge on any atom is -0.387 e. The van der Waals surface area contributed by atoms with Crippen LogP contribution in [-0.2, 0) is 0 Å². The molecule has 0 spiro atoms. The number of aliphatic hydroxyl groups excluding tert-OH is 1. The van der Waals surface area contributed by atoms with E-state index in [0.29, 0.717) is 0 Å². The van der Waals surface area contributed by atoms with Crippen molar-refractivity contribution in [3.63, 3.8) is 0 Å². The summed E-state index contributed by atoms with van der Waals surface area (Å²) in [6.45, 7) is 5.16. The molecule has 2 atom stereocenters. The van der Waals surface area contributed by atoms with E-state index < -0.39 is 6.10 Å². The summed E-state index contributed by atoms with van der Waals surface area (Å²) in [6, 6.07) is 8.32. The Kier molecular flexibility index (Phi) is 4.38. The lowest BCUT2D eigenvalue weighted by molar-refractivity contribution is 0.0568. The average Bonchev–Trinajstić information content (AvgIpc) is 2.51. The van der Waals surface area contributed by atoms with Crippen LogP contribution in [0.4, 0.5) is 0 Å². The first-order valence-corrected chi connectivity index (χ1v) is 6.72. The predicted molar refractivity (Wildman–Crippen MR) is 74.7 cm³/mol. The number of rotatable bonds is 2. The molecule has 0 saturated carbocycles. The van der Waals surface area contributed by atoms with Gasteiger partial charge in [0.1, 0.15) is 0 Å². The van der Waals surface area contributed by atoms with E-state index in [0.717, 1.165) is 25.2 Å². The minimum atomic E-state index is -0.406. The molecule has 0 aromatic heterocycles. The molecule has 2 unspecified atom stereocenters. The Labute approximate surface area is 110 Å². The summed E-state index contributed by atoms with van der Waals surface area (Å²) in [4.78, 5) is 4.61. The van der Waals surface area contributed by atoms with Crippen LogP contribution in [0.25, 0.3) is 0 Å². The van der Waals surface area contributed by atoms with Gasteiger partial charge in [-0.2, -0.15) is 0 Å². The number of benzene rings is 1. The summed E-state index contributed by atoms with van der Waals surface area (Å²) in [6.07, 6.45) is 0.765. The van der Waals surface area contributed by atoms with E-state index in [-0.39, 0.29) is 6.04 Å². The van der Waals surface area contributed by atoms with Gasteiger partial charge in [-0.3, -0.25) is 4.90 Å². The van der Waals surface area contributed by atoms with Crippen LogP contribution in [0.15, 0.2) is 24.3 Å². The molecule has 1 aliphatic rings. The summed E-state index contributed by atoms with van der Waals surface area (Å²) in [5.74, 6) is 0. The van der Waals surface area contributed by atoms with Gasteiger partial charge in [-0.05, 0) is 51.7 Å². The highest BCUT2D eigenvalue weighted by molar-refractivity contribution is 5.28. The van der Waals surface area contributed by atoms with Crippen LogP contribution >= 0.6 is 0 Å². The number of likely N-dealkylation sites (N-methyl/N-ethyl adjacent to an activating group) is 2. The zero-order chi connectivity index (χ0) is 13.1. The van der Waals surface area contributed by atoms with Gasteiger partial charge in [0.15, 0.2) is 0 Å². The van der Waals surface area contributed by atoms with E-state index in [1.165, 1.54) is 12.0 Å². The molecule has 2 rings (SSSR count). The molecular weight excluding hydrogens is 224 g/mol. The fourth-order valence-corrected chi connectivity index (χ4v) is 2.77. The van der Waals surface area contributed by atoms with E-state index in [1.807, 2.05) is 18.2 Å². The maximum absolute atomic E-state index is 10.7. The summed E-state index contributed by atoms with van der Waals surface area (Å²) in [5.41, 5.74) is 2.23. The molecule has 1 aromatic carbocycles. The molecule has 0 amide bonds. The summed E-state index contributed by atoms with van der Waals surface area (Å²) in [5, 5.41) is 10.7. The fraction of sp³-hybridized carbons (Fsp3) is 0.600. The lowest BCUT2D eigenvalue weighted by Crippen LogP contribution is -2.42. The second kappa shape index (κ2) is 5.83. The Hall–Kier alpha value is -0.900. The van der Waals surface area contributed by atoms with Crippen molar-refractivity contribution in [2.45, 2.75) is 25.5 Å². The third-order valence-corrected chi connectivity index (χ3v) is 3.99. The summed E-state index contributed by atoms with van der Waals surface area (Å²) >= 11 is 0. The minimum absolute atomic E-state index is 0.179. The van der Waals surface area contributed by atoms with E-state index in [4.69, 9.17) is 0 Å². The van der Waals surface area contributed by atoms with Gasteiger partial charge in [0.25, 0.3) is 0 Å². The molecule has 3 nitrogen and oxygen atoms in total. The lowest BCUT2D eigenvalue weighted by atomic mass is 9.97. The molecule has 1 fully saturated rings. The fourth-order valence-electron chi connectivity index (χ4n) is 2.77. The highest BCUT2D eigenvalue weighted by Gasteiger charge is 2.28. The molecule has 1 aromatic rings. The van der Waals surface area contributed by atoms with Crippen LogP contribution in [0.3, 0.4) is 0 Å². The van der Waals surface area contributed by atoms with Gasteiger partial charge in [0.2, 0.25) is 0 Å². The van der Waals surface area contributed by atoms with Crippen molar-refractivity contribution in [1.29, 1.82) is 0 Å². The van der Waals surface area contributed by atoms with Crippen molar-refractivity contribution in [2.75, 3.05) is 33.7 Å². The van der Waals surface area contributed by atoms with Crippen LogP contribution in [0.5, 0.6) is 0 Å². The molecule has 1 heterocycles. The van der Waals surface area contributed by atoms with Gasteiger partial charge in [-0.15, -0.1) is 0 Å². The van der Waals surface area contributed by atoms with E-state index in [2.05, 4.69) is 36.9 Å². The highest BCUT2D eigenvalue weighted by Crippen LogP contribution is 2.25. The van der Waals surface area contributed by atoms with Crippen LogP contribution in [0, 0.1) is 6.92 Å². The van der Waals surface area contributed by atoms with Crippen molar-refractivity contribution in [1.82, 2.24) is 9.80 Å². The van der Waals surface area contributed by atoms with Gasteiger partial charge < -0.3 is 10.0 Å². The summed E-state index contributed by atoms with van der Waals surface area (Å²) in [7, 11) is 4.25. The first kappa shape index (κ1) is 13.5. The maximum Gasteiger partial charge on any atom is 0.0960 e. The maximum atomic E-state index is 10.7. The van der Waals surface area contributed by atoms with Crippen molar-refractivity contribution in [3.05, 3.63) is 35.4 Å². The Balaban J connectivity index is 2.20. The van der Waals surface area contributed by atoms with Gasteiger partial charge in [0, 0.05) is 6.54 Å². The van der Waals surface area contributed by atoms with Gasteiger partial charge >= 0.3 is 0 Å². The number of nitrogens with zero attached hydrogens (tertiary/aromatic N) is 2. The SMILES string of the molecule is Cc1ccccc1C(O)C1CN(C)CCCN1C. The molecule has 1 N–H and O–H groups in total. The topological polar surface area (TPSA) is 26.7 Å². The third-order valence-electron chi connectivity index (χ3n) is 3.99. The van der Waals surface area contributed by atoms with Crippen LogP contribution < -0.4 is 0 Å². The number of hydrogen-bond donors (Lipinski definition) is 1. The number of aliphatic hydroxyl groups is 1. The molecule has 0 bridgehead atoms. The smallest absolute Gasteiger partial charge is 0.0960 e. The second-order valence-corrected chi connectivity index (χ2v) is 5.47. The zero-order valence-corrected chi connectivity index (χ0v) is 11.6. The van der Waals surface area contributed by atoms with Crippen molar-refractivity contribution >= 4 is 0 Å². The predicted octanol–water partition coefficient (Wildman–Crippen LogP) is 1.66. The molecule has 1 aliphatic heterocycles. The van der Waals surface area contributed by atoms with E-state index >= 15 is 0 Å². The Morgan fingerprint density at radius 3 is 2.67 bits per heavy atom. The molecule has 3 heteroatoms. The number of aryl methyl sites for hydroxylation is 1. The van der Waals surface area contributed by atoms with Crippen molar-refractivity contribution in [3.8, 4) is 0 Å². The molecule has 0 radical (unpaired) electrons. The van der Waals surface area contributed by atoms with Gasteiger partial charge in [-0.1, -0.05) is 24.3 Å². The average molecular weight is 248 g/mol. The largest absolute Gasteiger partial charge is 0.387 e. The quantitative estimate of drug-likeness (QED) is 0.862. The second-order valence-electron chi connectivity index (χ2n) is 5.47. The standard InChI is InChI=1S/C15H24N2O/c1-12-7-4-5-8-13(12)15(18)14-11-16(2)9-6-10-17(14)3/h4-5,7-8,14-15,18H,6,9-11H2,1-3H3.